The molecule has 5 aromatic rings. The highest BCUT2D eigenvalue weighted by Gasteiger charge is 2.21. The largest absolute Gasteiger partial charge is 0.256 e. The molecule has 1 aromatic heterocycles. The van der Waals surface area contributed by atoms with E-state index in [0.717, 1.165) is 28.3 Å². The van der Waals surface area contributed by atoms with Crippen LogP contribution in [0.3, 0.4) is 0 Å². The standard InChI is InChI=1S/C51H57F2N/c1-48(2,3)40-26-38(27-41(30-40)49(4,5)6)17-15-36-23-35(14-13-34-19-22-47(54-33-34)45-21-20-44(52)32-46(45)53)24-37(25-36)16-18-39-28-42(50(7,8)9)31-43(29-39)51(10,11)12/h13-33H,1-12H3. The summed E-state index contributed by atoms with van der Waals surface area (Å²) in [4.78, 5) is 4.47. The molecule has 4 aromatic carbocycles. The summed E-state index contributed by atoms with van der Waals surface area (Å²) in [6.45, 7) is 27.2. The van der Waals surface area contributed by atoms with Crippen molar-refractivity contribution in [2.45, 2.75) is 105 Å². The van der Waals surface area contributed by atoms with E-state index in [0.29, 0.717) is 5.69 Å². The van der Waals surface area contributed by atoms with Crippen LogP contribution < -0.4 is 0 Å². The predicted octanol–water partition coefficient (Wildman–Crippen LogP) is 14.7. The van der Waals surface area contributed by atoms with Crippen LogP contribution >= 0.6 is 0 Å². The maximum atomic E-state index is 14.4. The van der Waals surface area contributed by atoms with Gasteiger partial charge in [-0.3, -0.25) is 4.98 Å². The Morgan fingerprint density at radius 2 is 0.741 bits per heavy atom. The SMILES string of the molecule is CC(C)(C)c1cc(C=Cc2cc(C=Cc3ccc(-c4ccc(F)cc4F)nc3)cc(C=Cc3cc(C(C)(C)C)cc(C(C)(C)C)c3)c2)cc(C(C)(C)C)c1. The first kappa shape index (κ1) is 40.3. The molecule has 1 heterocycles. The Kier molecular flexibility index (Phi) is 11.5. The lowest BCUT2D eigenvalue weighted by Crippen LogP contribution is -2.16. The lowest BCUT2D eigenvalue weighted by molar-refractivity contribution is 0.568. The summed E-state index contributed by atoms with van der Waals surface area (Å²) >= 11 is 0. The molecule has 0 fully saturated rings. The van der Waals surface area contributed by atoms with Crippen molar-refractivity contribution in [3.63, 3.8) is 0 Å². The van der Waals surface area contributed by atoms with E-state index >= 15 is 0 Å². The van der Waals surface area contributed by atoms with Crippen LogP contribution in [0, 0.1) is 11.6 Å². The molecule has 1 nitrogen and oxygen atoms in total. The van der Waals surface area contributed by atoms with Crippen molar-refractivity contribution in [1.29, 1.82) is 0 Å². The number of halogens is 2. The minimum Gasteiger partial charge on any atom is -0.256 e. The number of rotatable bonds is 7. The third-order valence-electron chi connectivity index (χ3n) is 9.77. The quantitative estimate of drug-likeness (QED) is 0.153. The number of nitrogens with zero attached hydrogens (tertiary/aromatic N) is 1. The Hall–Kier alpha value is -4.89. The molecule has 0 aliphatic rings. The number of hydrogen-bond acceptors (Lipinski definition) is 1. The van der Waals surface area contributed by atoms with Crippen LogP contribution in [-0.4, -0.2) is 4.98 Å². The molecule has 0 amide bonds. The van der Waals surface area contributed by atoms with E-state index in [1.165, 1.54) is 45.5 Å². The van der Waals surface area contributed by atoms with Crippen LogP contribution in [0.2, 0.25) is 0 Å². The van der Waals surface area contributed by atoms with Gasteiger partial charge in [-0.15, -0.1) is 0 Å². The highest BCUT2D eigenvalue weighted by molar-refractivity contribution is 5.79. The Morgan fingerprint density at radius 1 is 0.389 bits per heavy atom. The highest BCUT2D eigenvalue weighted by atomic mass is 19.1. The van der Waals surface area contributed by atoms with Crippen molar-refractivity contribution >= 4 is 36.5 Å². The van der Waals surface area contributed by atoms with Gasteiger partial charge in [-0.1, -0.05) is 162 Å². The van der Waals surface area contributed by atoms with Gasteiger partial charge in [0.2, 0.25) is 0 Å². The second-order valence-electron chi connectivity index (χ2n) is 18.7. The first-order chi connectivity index (χ1) is 25.0. The molecule has 0 radical (unpaired) electrons. The van der Waals surface area contributed by atoms with Gasteiger partial charge in [-0.05, 0) is 114 Å². The minimum absolute atomic E-state index is 0.0317. The number of aromatic nitrogens is 1. The normalized spacial score (nSPS) is 13.1. The van der Waals surface area contributed by atoms with Gasteiger partial charge >= 0.3 is 0 Å². The molecule has 0 aliphatic heterocycles. The molecular weight excluding hydrogens is 665 g/mol. The first-order valence-corrected chi connectivity index (χ1v) is 19.0. The van der Waals surface area contributed by atoms with E-state index in [1.54, 1.807) is 12.3 Å². The van der Waals surface area contributed by atoms with E-state index in [2.05, 4.69) is 173 Å². The average molecular weight is 722 g/mol. The summed E-state index contributed by atoms with van der Waals surface area (Å²) in [7, 11) is 0. The van der Waals surface area contributed by atoms with Gasteiger partial charge in [0.05, 0.1) is 5.69 Å². The molecule has 0 N–H and O–H groups in total. The number of benzene rings is 4. The Balaban J connectivity index is 1.55. The van der Waals surface area contributed by atoms with Crippen molar-refractivity contribution in [3.8, 4) is 11.3 Å². The monoisotopic (exact) mass is 721 g/mol. The molecule has 0 aliphatic carbocycles. The van der Waals surface area contributed by atoms with Gasteiger partial charge in [-0.25, -0.2) is 8.78 Å². The van der Waals surface area contributed by atoms with E-state index in [9.17, 15) is 8.78 Å². The van der Waals surface area contributed by atoms with Crippen molar-refractivity contribution in [1.82, 2.24) is 4.98 Å². The van der Waals surface area contributed by atoms with Gasteiger partial charge in [0.25, 0.3) is 0 Å². The first-order valence-electron chi connectivity index (χ1n) is 19.0. The van der Waals surface area contributed by atoms with Crippen molar-refractivity contribution in [2.24, 2.45) is 0 Å². The summed E-state index contributed by atoms with van der Waals surface area (Å²) in [6.07, 6.45) is 14.7. The number of pyridine rings is 1. The summed E-state index contributed by atoms with van der Waals surface area (Å²) < 4.78 is 27.9. The average Bonchev–Trinajstić information content (AvgIpc) is 3.07. The van der Waals surface area contributed by atoms with Crippen molar-refractivity contribution in [2.75, 3.05) is 0 Å². The summed E-state index contributed by atoms with van der Waals surface area (Å²) in [5.74, 6) is -1.24. The second kappa shape index (κ2) is 15.5. The van der Waals surface area contributed by atoms with Crippen LogP contribution in [0.15, 0.2) is 91.1 Å². The van der Waals surface area contributed by atoms with Crippen LogP contribution in [0.4, 0.5) is 8.78 Å². The van der Waals surface area contributed by atoms with E-state index in [1.807, 2.05) is 12.1 Å². The molecule has 3 heteroatoms. The Bertz CT molecular complexity index is 2030. The summed E-state index contributed by atoms with van der Waals surface area (Å²) in [5.41, 5.74) is 12.6. The van der Waals surface area contributed by atoms with Crippen LogP contribution in [0.25, 0.3) is 47.7 Å². The molecule has 5 rings (SSSR count). The van der Waals surface area contributed by atoms with E-state index < -0.39 is 11.6 Å². The maximum absolute atomic E-state index is 14.4. The predicted molar refractivity (Wildman–Crippen MR) is 230 cm³/mol. The molecule has 280 valence electrons. The molecule has 0 saturated heterocycles. The molecule has 0 spiro atoms. The van der Waals surface area contributed by atoms with Crippen molar-refractivity contribution in [3.05, 3.63) is 158 Å². The molecular formula is C51H57F2N. The van der Waals surface area contributed by atoms with E-state index in [-0.39, 0.29) is 27.2 Å². The summed E-state index contributed by atoms with van der Waals surface area (Å²) in [5, 5.41) is 0. The maximum Gasteiger partial charge on any atom is 0.135 e. The van der Waals surface area contributed by atoms with Gasteiger partial charge in [-0.2, -0.15) is 0 Å². The minimum atomic E-state index is -0.629. The number of hydrogen-bond donors (Lipinski definition) is 0. The Morgan fingerprint density at radius 3 is 1.06 bits per heavy atom. The third kappa shape index (κ3) is 10.6. The smallest absolute Gasteiger partial charge is 0.135 e. The van der Waals surface area contributed by atoms with Gasteiger partial charge in [0.15, 0.2) is 0 Å². The zero-order valence-electron chi connectivity index (χ0n) is 34.3. The molecule has 0 saturated carbocycles. The van der Waals surface area contributed by atoms with E-state index in [4.69, 9.17) is 0 Å². The second-order valence-corrected chi connectivity index (χ2v) is 18.7. The van der Waals surface area contributed by atoms with Gasteiger partial charge in [0.1, 0.15) is 11.6 Å². The fourth-order valence-corrected chi connectivity index (χ4v) is 6.16. The van der Waals surface area contributed by atoms with Crippen LogP contribution in [0.5, 0.6) is 0 Å². The zero-order valence-corrected chi connectivity index (χ0v) is 34.3. The third-order valence-corrected chi connectivity index (χ3v) is 9.77. The zero-order chi connectivity index (χ0) is 39.6. The molecule has 0 unspecified atom stereocenters. The van der Waals surface area contributed by atoms with Crippen LogP contribution in [-0.2, 0) is 21.7 Å². The lowest BCUT2D eigenvalue weighted by Gasteiger charge is -2.25. The topological polar surface area (TPSA) is 12.9 Å². The Labute approximate surface area is 323 Å². The molecule has 0 atom stereocenters. The summed E-state index contributed by atoms with van der Waals surface area (Å²) in [6, 6.07) is 27.7. The van der Waals surface area contributed by atoms with Gasteiger partial charge < -0.3 is 0 Å². The van der Waals surface area contributed by atoms with Crippen molar-refractivity contribution < 1.29 is 8.78 Å². The van der Waals surface area contributed by atoms with Crippen LogP contribution in [0.1, 0.15) is 139 Å². The fourth-order valence-electron chi connectivity index (χ4n) is 6.16. The van der Waals surface area contributed by atoms with Gasteiger partial charge in [0, 0.05) is 17.8 Å². The lowest BCUT2D eigenvalue weighted by atomic mass is 9.79. The molecule has 54 heavy (non-hydrogen) atoms. The fraction of sp³-hybridized carbons (Fsp3) is 0.314. The molecule has 0 bridgehead atoms. The highest BCUT2D eigenvalue weighted by Crippen LogP contribution is 2.33.